The molecule has 0 radical (unpaired) electrons. The molecule has 0 heterocycles. The molecule has 0 atom stereocenters. The van der Waals surface area contributed by atoms with E-state index in [1.54, 1.807) is 0 Å². The summed E-state index contributed by atoms with van der Waals surface area (Å²) in [6, 6.07) is 6.55. The highest BCUT2D eigenvalue weighted by molar-refractivity contribution is 5.71. The molecule has 0 unspecified atom stereocenters. The average molecular weight is 282 g/mol. The number of hydrogen-bond acceptors (Lipinski definition) is 1. The lowest BCUT2D eigenvalue weighted by atomic mass is 10.0. The van der Waals surface area contributed by atoms with Crippen molar-refractivity contribution in [2.75, 3.05) is 0 Å². The van der Waals surface area contributed by atoms with E-state index in [0.717, 1.165) is 18.2 Å². The molecule has 0 spiro atoms. The summed E-state index contributed by atoms with van der Waals surface area (Å²) in [5.74, 6) is -3.45. The van der Waals surface area contributed by atoms with Crippen LogP contribution >= 0.6 is 0 Å². The lowest BCUT2D eigenvalue weighted by Gasteiger charge is -2.06. The normalized spacial score (nSPS) is 9.95. The molecule has 0 aliphatic heterocycles. The summed E-state index contributed by atoms with van der Waals surface area (Å²) in [7, 11) is 0. The van der Waals surface area contributed by atoms with Gasteiger partial charge < -0.3 is 5.11 Å². The van der Waals surface area contributed by atoms with Gasteiger partial charge in [0.15, 0.2) is 0 Å². The Morgan fingerprint density at radius 1 is 0.950 bits per heavy atom. The number of rotatable bonds is 3. The van der Waals surface area contributed by atoms with Gasteiger partial charge in [-0.25, -0.2) is 13.2 Å². The number of hydrogen-bond donors (Lipinski definition) is 1. The highest BCUT2D eigenvalue weighted by Crippen LogP contribution is 2.26. The van der Waals surface area contributed by atoms with Gasteiger partial charge in [-0.1, -0.05) is 19.6 Å². The van der Waals surface area contributed by atoms with Gasteiger partial charge >= 0.3 is 5.97 Å². The van der Waals surface area contributed by atoms with Crippen LogP contribution in [0.15, 0.2) is 36.4 Å². The molecule has 0 fully saturated rings. The molecule has 0 amide bonds. The first-order valence-electron chi connectivity index (χ1n) is 5.43. The zero-order valence-electron chi connectivity index (χ0n) is 9.66. The third kappa shape index (κ3) is 3.38. The summed E-state index contributed by atoms with van der Waals surface area (Å²) in [6.07, 6.45) is -0.316. The second-order valence-corrected chi connectivity index (χ2v) is 4.01. The Bertz CT molecular complexity index is 639. The molecule has 0 bridgehead atoms. The molecule has 1 N–H and O–H groups in total. The van der Waals surface area contributed by atoms with E-state index in [1.165, 1.54) is 12.1 Å². The Kier molecular flexibility index (Phi) is 4.91. The molecule has 106 valence electrons. The largest absolute Gasteiger partial charge is 0.481 e. The maximum Gasteiger partial charge on any atom is 0.307 e. The average Bonchev–Trinajstić information content (AvgIpc) is 2.30. The van der Waals surface area contributed by atoms with Gasteiger partial charge in [0.05, 0.1) is 6.42 Å². The summed E-state index contributed by atoms with van der Waals surface area (Å²) in [5, 5.41) is 8.59. The van der Waals surface area contributed by atoms with Gasteiger partial charge in [-0.2, -0.15) is 0 Å². The first-order chi connectivity index (χ1) is 8.97. The summed E-state index contributed by atoms with van der Waals surface area (Å²) in [6.45, 7) is 0. The van der Waals surface area contributed by atoms with Crippen LogP contribution in [0.1, 0.15) is 13.0 Å². The highest BCUT2D eigenvalue weighted by atomic mass is 19.1. The topological polar surface area (TPSA) is 37.3 Å². The van der Waals surface area contributed by atoms with Gasteiger partial charge in [0, 0.05) is 17.2 Å². The van der Waals surface area contributed by atoms with E-state index in [9.17, 15) is 18.0 Å². The molecular formula is C15H13F3O2. The predicted molar refractivity (Wildman–Crippen MR) is 69.8 cm³/mol. The van der Waals surface area contributed by atoms with Crippen molar-refractivity contribution in [1.29, 1.82) is 0 Å². The third-order valence-electron chi connectivity index (χ3n) is 2.61. The van der Waals surface area contributed by atoms with Crippen LogP contribution in [0.4, 0.5) is 13.2 Å². The fourth-order valence-corrected chi connectivity index (χ4v) is 1.77. The number of carboxylic acids is 1. The molecule has 0 saturated heterocycles. The van der Waals surface area contributed by atoms with Gasteiger partial charge in [0.2, 0.25) is 0 Å². The van der Waals surface area contributed by atoms with E-state index in [2.05, 4.69) is 0 Å². The number of carboxylic acid groups (broad SMARTS) is 1. The van der Waals surface area contributed by atoms with Crippen LogP contribution in [0.2, 0.25) is 0 Å². The predicted octanol–water partition coefficient (Wildman–Crippen LogP) is 4.03. The van der Waals surface area contributed by atoms with Crippen LogP contribution in [0, 0.1) is 17.5 Å². The van der Waals surface area contributed by atoms with Crippen molar-refractivity contribution >= 4 is 5.97 Å². The minimum atomic E-state index is -1.08. The zero-order chi connectivity index (χ0) is 14.0. The Balaban J connectivity index is 0.00000200. The SMILES string of the molecule is C.O=C(O)Cc1ccc(-c2ccc(F)cc2F)c(F)c1. The van der Waals surface area contributed by atoms with Crippen molar-refractivity contribution < 1.29 is 23.1 Å². The van der Waals surface area contributed by atoms with E-state index in [-0.39, 0.29) is 30.5 Å². The van der Waals surface area contributed by atoms with Crippen LogP contribution in [-0.2, 0) is 11.2 Å². The molecule has 20 heavy (non-hydrogen) atoms. The van der Waals surface area contributed by atoms with Crippen molar-refractivity contribution in [1.82, 2.24) is 0 Å². The quantitative estimate of drug-likeness (QED) is 0.922. The van der Waals surface area contributed by atoms with Crippen LogP contribution in [-0.4, -0.2) is 11.1 Å². The van der Waals surface area contributed by atoms with E-state index in [0.29, 0.717) is 6.07 Å². The van der Waals surface area contributed by atoms with Crippen molar-refractivity contribution in [2.45, 2.75) is 13.8 Å². The Hall–Kier alpha value is -2.30. The van der Waals surface area contributed by atoms with Crippen molar-refractivity contribution in [3.05, 3.63) is 59.4 Å². The van der Waals surface area contributed by atoms with E-state index in [4.69, 9.17) is 5.11 Å². The first-order valence-corrected chi connectivity index (χ1v) is 5.43. The van der Waals surface area contributed by atoms with Crippen LogP contribution in [0.5, 0.6) is 0 Å². The molecule has 2 nitrogen and oxygen atoms in total. The minimum absolute atomic E-state index is 0. The molecule has 0 saturated carbocycles. The summed E-state index contributed by atoms with van der Waals surface area (Å²) in [5.41, 5.74) is 0.170. The Labute approximate surface area is 114 Å². The molecule has 0 aliphatic carbocycles. The lowest BCUT2D eigenvalue weighted by molar-refractivity contribution is -0.136. The van der Waals surface area contributed by atoms with Gasteiger partial charge in [-0.05, 0) is 23.8 Å². The Morgan fingerprint density at radius 3 is 2.00 bits per heavy atom. The van der Waals surface area contributed by atoms with Crippen molar-refractivity contribution in [3.63, 3.8) is 0 Å². The standard InChI is InChI=1S/C14H9F3O2.CH4/c15-9-2-4-11(13(17)7-9)10-3-1-8(5-12(10)16)6-14(18)19;/h1-5,7H,6H2,(H,18,19);1H4. The van der Waals surface area contributed by atoms with Gasteiger partial charge in [0.1, 0.15) is 17.5 Å². The molecule has 2 aromatic rings. The van der Waals surface area contributed by atoms with E-state index < -0.39 is 23.4 Å². The fourth-order valence-electron chi connectivity index (χ4n) is 1.77. The number of aliphatic carboxylic acids is 1. The third-order valence-corrected chi connectivity index (χ3v) is 2.61. The van der Waals surface area contributed by atoms with Crippen LogP contribution < -0.4 is 0 Å². The smallest absolute Gasteiger partial charge is 0.307 e. The lowest BCUT2D eigenvalue weighted by Crippen LogP contribution is -2.01. The van der Waals surface area contributed by atoms with Crippen LogP contribution in [0.3, 0.4) is 0 Å². The monoisotopic (exact) mass is 282 g/mol. The molecule has 5 heteroatoms. The number of carbonyl (C=O) groups is 1. The summed E-state index contributed by atoms with van der Waals surface area (Å²) >= 11 is 0. The molecule has 2 aromatic carbocycles. The van der Waals surface area contributed by atoms with Gasteiger partial charge in [-0.3, -0.25) is 4.79 Å². The second kappa shape index (κ2) is 6.23. The van der Waals surface area contributed by atoms with E-state index in [1.807, 2.05) is 0 Å². The summed E-state index contributed by atoms with van der Waals surface area (Å²) in [4.78, 5) is 10.5. The van der Waals surface area contributed by atoms with Crippen LogP contribution in [0.25, 0.3) is 11.1 Å². The molecule has 0 aliphatic rings. The van der Waals surface area contributed by atoms with E-state index >= 15 is 0 Å². The fraction of sp³-hybridized carbons (Fsp3) is 0.133. The van der Waals surface area contributed by atoms with Crippen molar-refractivity contribution in [2.24, 2.45) is 0 Å². The molecule has 0 aromatic heterocycles. The molecular weight excluding hydrogens is 269 g/mol. The number of benzene rings is 2. The van der Waals surface area contributed by atoms with Gasteiger partial charge in [-0.15, -0.1) is 0 Å². The number of halogens is 3. The Morgan fingerprint density at radius 2 is 1.50 bits per heavy atom. The maximum atomic E-state index is 13.8. The first kappa shape index (κ1) is 15.8. The zero-order valence-corrected chi connectivity index (χ0v) is 9.66. The summed E-state index contributed by atoms with van der Waals surface area (Å²) < 4.78 is 40.1. The highest BCUT2D eigenvalue weighted by Gasteiger charge is 2.12. The van der Waals surface area contributed by atoms with Crippen molar-refractivity contribution in [3.8, 4) is 11.1 Å². The molecule has 2 rings (SSSR count). The maximum absolute atomic E-state index is 13.8. The van der Waals surface area contributed by atoms with Gasteiger partial charge in [0.25, 0.3) is 0 Å². The minimum Gasteiger partial charge on any atom is -0.481 e. The second-order valence-electron chi connectivity index (χ2n) is 4.01.